The van der Waals surface area contributed by atoms with Crippen molar-refractivity contribution in [1.82, 2.24) is 0 Å². The Balaban J connectivity index is 2.41. The molecule has 0 radical (unpaired) electrons. The predicted octanol–water partition coefficient (Wildman–Crippen LogP) is 6.17. The van der Waals surface area contributed by atoms with Crippen LogP contribution in [0.15, 0.2) is 24.3 Å². The van der Waals surface area contributed by atoms with Crippen LogP contribution < -0.4 is 0 Å². The van der Waals surface area contributed by atoms with Gasteiger partial charge in [-0.05, 0) is 65.2 Å². The summed E-state index contributed by atoms with van der Waals surface area (Å²) in [5, 5.41) is 0. The number of hydrogen-bond acceptors (Lipinski definition) is 5. The minimum Gasteiger partial charge on any atom is -0.463 e. The van der Waals surface area contributed by atoms with E-state index in [0.29, 0.717) is 0 Å². The molecule has 35 heavy (non-hydrogen) atoms. The Morgan fingerprint density at radius 3 is 2.11 bits per heavy atom. The number of esters is 2. The van der Waals surface area contributed by atoms with Crippen molar-refractivity contribution in [2.24, 2.45) is 22.7 Å². The summed E-state index contributed by atoms with van der Waals surface area (Å²) in [6, 6.07) is 7.97. The van der Waals surface area contributed by atoms with E-state index < -0.39 is 31.1 Å². The highest BCUT2D eigenvalue weighted by Gasteiger charge is 2.46. The monoisotopic (exact) mass is 500 g/mol. The second-order valence-electron chi connectivity index (χ2n) is 12.9. The molecule has 0 N–H and O–H groups in total. The molecule has 2 rings (SSSR count). The molecule has 1 aromatic carbocycles. The molecule has 1 saturated heterocycles. The summed E-state index contributed by atoms with van der Waals surface area (Å²) in [6.07, 6.45) is -1.27. The van der Waals surface area contributed by atoms with E-state index in [2.05, 4.69) is 45.0 Å². The first-order chi connectivity index (χ1) is 15.9. The van der Waals surface area contributed by atoms with Crippen molar-refractivity contribution < 1.29 is 23.8 Å². The summed E-state index contributed by atoms with van der Waals surface area (Å²) in [7, 11) is -1.53. The summed E-state index contributed by atoms with van der Waals surface area (Å²) >= 11 is 0. The SMILES string of the molecule is C[C@H]1[C@H](C)[C@@H](COC(=O)C(C)(C)C)O[C@H](c2cccc(C#C[Si](C)(C)C)c2)[C@H]1OC(=O)C(C)(C)C. The van der Waals surface area contributed by atoms with Gasteiger partial charge in [0.05, 0.1) is 16.9 Å². The Kier molecular flexibility index (Phi) is 9.06. The van der Waals surface area contributed by atoms with E-state index >= 15 is 0 Å². The van der Waals surface area contributed by atoms with Gasteiger partial charge < -0.3 is 14.2 Å². The summed E-state index contributed by atoms with van der Waals surface area (Å²) in [4.78, 5) is 25.3. The molecule has 194 valence electrons. The van der Waals surface area contributed by atoms with Gasteiger partial charge in [0.15, 0.2) is 0 Å². The van der Waals surface area contributed by atoms with Crippen LogP contribution in [0.25, 0.3) is 0 Å². The zero-order valence-corrected chi connectivity index (χ0v) is 24.4. The van der Waals surface area contributed by atoms with Crippen molar-refractivity contribution in [3.63, 3.8) is 0 Å². The number of hydrogen-bond donors (Lipinski definition) is 0. The van der Waals surface area contributed by atoms with Gasteiger partial charge in [0.1, 0.15) is 26.9 Å². The van der Waals surface area contributed by atoms with E-state index in [0.717, 1.165) is 11.1 Å². The first-order valence-electron chi connectivity index (χ1n) is 12.6. The fraction of sp³-hybridized carbons (Fsp3) is 0.655. The second-order valence-corrected chi connectivity index (χ2v) is 17.7. The van der Waals surface area contributed by atoms with Gasteiger partial charge in [-0.15, -0.1) is 5.54 Å². The molecule has 0 amide bonds. The van der Waals surface area contributed by atoms with Gasteiger partial charge in [-0.1, -0.05) is 51.5 Å². The van der Waals surface area contributed by atoms with Crippen molar-refractivity contribution in [2.75, 3.05) is 6.61 Å². The molecule has 0 unspecified atom stereocenters. The first-order valence-corrected chi connectivity index (χ1v) is 16.1. The van der Waals surface area contributed by atoms with Gasteiger partial charge >= 0.3 is 11.9 Å². The van der Waals surface area contributed by atoms with Crippen molar-refractivity contribution in [2.45, 2.75) is 93.3 Å². The highest BCUT2D eigenvalue weighted by molar-refractivity contribution is 6.83. The van der Waals surface area contributed by atoms with E-state index in [1.165, 1.54) is 0 Å². The Labute approximate surface area is 213 Å². The normalized spacial score (nSPS) is 25.3. The average Bonchev–Trinajstić information content (AvgIpc) is 2.73. The lowest BCUT2D eigenvalue weighted by Crippen LogP contribution is -2.49. The summed E-state index contributed by atoms with van der Waals surface area (Å²) in [5.41, 5.74) is 4.02. The van der Waals surface area contributed by atoms with Crippen LogP contribution in [-0.2, 0) is 23.8 Å². The van der Waals surface area contributed by atoms with E-state index in [9.17, 15) is 9.59 Å². The molecule has 0 bridgehead atoms. The molecule has 1 aliphatic rings. The third-order valence-electron chi connectivity index (χ3n) is 6.20. The third kappa shape index (κ3) is 8.22. The minimum absolute atomic E-state index is 0.00453. The standard InChI is InChI=1S/C29H44O5Si/c1-19-20(2)24(34-27(31)29(6,7)8)25(33-23(19)18-32-26(30)28(3,4)5)22-14-12-13-21(17-22)15-16-35(9,10)11/h12-14,17,19-20,23-25H,18H2,1-11H3/t19-,20-,23+,24-,25+/m0/s1. The van der Waals surface area contributed by atoms with Gasteiger partial charge in [0.2, 0.25) is 0 Å². The molecule has 6 heteroatoms. The maximum absolute atomic E-state index is 12.9. The predicted molar refractivity (Wildman–Crippen MR) is 142 cm³/mol. The van der Waals surface area contributed by atoms with Crippen LogP contribution >= 0.6 is 0 Å². The van der Waals surface area contributed by atoms with Crippen LogP contribution in [0, 0.1) is 34.1 Å². The van der Waals surface area contributed by atoms with Crippen molar-refractivity contribution in [3.8, 4) is 11.5 Å². The van der Waals surface area contributed by atoms with E-state index in [4.69, 9.17) is 14.2 Å². The van der Waals surface area contributed by atoms with Crippen LogP contribution in [0.3, 0.4) is 0 Å². The van der Waals surface area contributed by atoms with Gasteiger partial charge in [0.25, 0.3) is 0 Å². The van der Waals surface area contributed by atoms with Gasteiger partial charge in [0, 0.05) is 11.5 Å². The topological polar surface area (TPSA) is 61.8 Å². The zero-order chi connectivity index (χ0) is 26.8. The number of rotatable bonds is 4. The Morgan fingerprint density at radius 2 is 1.57 bits per heavy atom. The zero-order valence-electron chi connectivity index (χ0n) is 23.4. The van der Waals surface area contributed by atoms with Gasteiger partial charge in [-0.2, -0.15) is 0 Å². The Bertz CT molecular complexity index is 966. The maximum atomic E-state index is 12.9. The summed E-state index contributed by atoms with van der Waals surface area (Å²) in [5.74, 6) is 2.80. The Hall–Kier alpha value is -2.10. The largest absolute Gasteiger partial charge is 0.463 e. The molecule has 0 aliphatic carbocycles. The number of benzene rings is 1. The molecule has 0 aromatic heterocycles. The quantitative estimate of drug-likeness (QED) is 0.281. The molecular weight excluding hydrogens is 456 g/mol. The second kappa shape index (κ2) is 10.9. The van der Waals surface area contributed by atoms with Crippen LogP contribution in [0.5, 0.6) is 0 Å². The Morgan fingerprint density at radius 1 is 0.971 bits per heavy atom. The highest BCUT2D eigenvalue weighted by atomic mass is 28.3. The highest BCUT2D eigenvalue weighted by Crippen LogP contribution is 2.41. The molecule has 1 fully saturated rings. The molecule has 0 saturated carbocycles. The lowest BCUT2D eigenvalue weighted by Gasteiger charge is -2.45. The van der Waals surface area contributed by atoms with E-state index in [-0.39, 0.29) is 36.5 Å². The molecule has 5 atom stereocenters. The lowest BCUT2D eigenvalue weighted by atomic mass is 9.79. The van der Waals surface area contributed by atoms with Crippen LogP contribution in [0.4, 0.5) is 0 Å². The van der Waals surface area contributed by atoms with Crippen LogP contribution in [-0.4, -0.2) is 38.8 Å². The minimum atomic E-state index is -1.53. The molecule has 1 aromatic rings. The first kappa shape index (κ1) is 29.1. The van der Waals surface area contributed by atoms with E-state index in [1.54, 1.807) is 0 Å². The van der Waals surface area contributed by atoms with Gasteiger partial charge in [-0.3, -0.25) is 9.59 Å². The smallest absolute Gasteiger partial charge is 0.311 e. The molecule has 0 spiro atoms. The fourth-order valence-electron chi connectivity index (χ4n) is 3.66. The van der Waals surface area contributed by atoms with Crippen LogP contribution in [0.1, 0.15) is 72.6 Å². The summed E-state index contributed by atoms with van der Waals surface area (Å²) in [6.45, 7) is 22.0. The van der Waals surface area contributed by atoms with Crippen molar-refractivity contribution in [1.29, 1.82) is 0 Å². The third-order valence-corrected chi connectivity index (χ3v) is 7.07. The number of carbonyl (C=O) groups excluding carboxylic acids is 2. The molecule has 1 heterocycles. The van der Waals surface area contributed by atoms with E-state index in [1.807, 2.05) is 65.8 Å². The van der Waals surface area contributed by atoms with Crippen molar-refractivity contribution >= 4 is 20.0 Å². The molecular formula is C29H44O5Si. The number of ether oxygens (including phenoxy) is 3. The average molecular weight is 501 g/mol. The van der Waals surface area contributed by atoms with Crippen LogP contribution in [0.2, 0.25) is 19.6 Å². The fourth-order valence-corrected chi connectivity index (χ4v) is 4.18. The summed E-state index contributed by atoms with van der Waals surface area (Å²) < 4.78 is 18.3. The maximum Gasteiger partial charge on any atom is 0.311 e. The molecule has 5 nitrogen and oxygen atoms in total. The lowest BCUT2D eigenvalue weighted by molar-refractivity contribution is -0.212. The molecule has 1 aliphatic heterocycles. The number of carbonyl (C=O) groups is 2. The van der Waals surface area contributed by atoms with Crippen molar-refractivity contribution in [3.05, 3.63) is 35.4 Å². The van der Waals surface area contributed by atoms with Gasteiger partial charge in [-0.25, -0.2) is 0 Å².